The van der Waals surface area contributed by atoms with Gasteiger partial charge in [0.1, 0.15) is 5.01 Å². The molecule has 0 unspecified atom stereocenters. The number of hydrogen-bond donors (Lipinski definition) is 1. The lowest BCUT2D eigenvalue weighted by molar-refractivity contribution is 0.557. The summed E-state index contributed by atoms with van der Waals surface area (Å²) in [6, 6.07) is 4.04. The zero-order valence-corrected chi connectivity index (χ0v) is 14.3. The van der Waals surface area contributed by atoms with Crippen LogP contribution in [0, 0.1) is 0 Å². The zero-order chi connectivity index (χ0) is 15.3. The lowest BCUT2D eigenvalue weighted by atomic mass is 9.91. The molecule has 2 heterocycles. The molecule has 1 N–H and O–H groups in total. The normalized spacial score (nSPS) is 11.8. The van der Waals surface area contributed by atoms with Crippen LogP contribution in [0.15, 0.2) is 24.5 Å². The summed E-state index contributed by atoms with van der Waals surface area (Å²) in [5.74, 6) is 0. The average Bonchev–Trinajstić information content (AvgIpc) is 2.89. The molecule has 2 rings (SSSR count). The van der Waals surface area contributed by atoms with Crippen molar-refractivity contribution in [3.05, 3.63) is 35.1 Å². The second-order valence-electron chi connectivity index (χ2n) is 6.31. The van der Waals surface area contributed by atoms with E-state index < -0.39 is 0 Å². The quantitative estimate of drug-likeness (QED) is 0.804. The van der Waals surface area contributed by atoms with Gasteiger partial charge in [0.15, 0.2) is 0 Å². The molecule has 0 atom stereocenters. The topological polar surface area (TPSA) is 37.8 Å². The second kappa shape index (κ2) is 7.14. The maximum Gasteiger partial charge on any atom is 0.125 e. The first-order valence-corrected chi connectivity index (χ1v) is 8.45. The summed E-state index contributed by atoms with van der Waals surface area (Å²) < 4.78 is 0. The summed E-state index contributed by atoms with van der Waals surface area (Å²) in [4.78, 5) is 10.4. The fourth-order valence-corrected chi connectivity index (χ4v) is 3.41. The second-order valence-corrected chi connectivity index (χ2v) is 7.40. The van der Waals surface area contributed by atoms with Crippen molar-refractivity contribution in [1.29, 1.82) is 0 Å². The van der Waals surface area contributed by atoms with E-state index in [4.69, 9.17) is 4.98 Å². The predicted octanol–water partition coefficient (Wildman–Crippen LogP) is 4.39. The highest BCUT2D eigenvalue weighted by Gasteiger charge is 2.23. The molecule has 0 radical (unpaired) electrons. The van der Waals surface area contributed by atoms with Gasteiger partial charge >= 0.3 is 0 Å². The Kier molecular flexibility index (Phi) is 5.48. The standard InChI is InChI=1S/C17H25N3S/c1-5-6-9-19-12-14-15(17(2,3)4)20-16(21-14)13-8-7-10-18-11-13/h7-8,10-11,19H,5-6,9,12H2,1-4H3. The van der Waals surface area contributed by atoms with E-state index in [1.807, 2.05) is 12.3 Å². The minimum Gasteiger partial charge on any atom is -0.312 e. The Hall–Kier alpha value is -1.26. The molecule has 2 aromatic heterocycles. The van der Waals surface area contributed by atoms with E-state index in [-0.39, 0.29) is 5.41 Å². The van der Waals surface area contributed by atoms with E-state index in [1.165, 1.54) is 23.4 Å². The van der Waals surface area contributed by atoms with Gasteiger partial charge in [-0.15, -0.1) is 11.3 Å². The smallest absolute Gasteiger partial charge is 0.125 e. The molecule has 4 heteroatoms. The van der Waals surface area contributed by atoms with Crippen molar-refractivity contribution in [2.24, 2.45) is 0 Å². The molecule has 114 valence electrons. The fourth-order valence-electron chi connectivity index (χ4n) is 2.17. The van der Waals surface area contributed by atoms with Gasteiger partial charge in [0.25, 0.3) is 0 Å². The van der Waals surface area contributed by atoms with E-state index in [0.717, 1.165) is 23.7 Å². The molecule has 0 amide bonds. The molecule has 0 aliphatic rings. The Bertz CT molecular complexity index is 555. The minimum atomic E-state index is 0.0682. The van der Waals surface area contributed by atoms with Crippen molar-refractivity contribution in [1.82, 2.24) is 15.3 Å². The van der Waals surface area contributed by atoms with E-state index in [1.54, 1.807) is 17.5 Å². The Morgan fingerprint density at radius 1 is 1.29 bits per heavy atom. The summed E-state index contributed by atoms with van der Waals surface area (Å²) in [5, 5.41) is 4.60. The fraction of sp³-hybridized carbons (Fsp3) is 0.529. The minimum absolute atomic E-state index is 0.0682. The van der Waals surface area contributed by atoms with E-state index >= 15 is 0 Å². The van der Waals surface area contributed by atoms with Crippen molar-refractivity contribution in [3.8, 4) is 10.6 Å². The molecular weight excluding hydrogens is 278 g/mol. The summed E-state index contributed by atoms with van der Waals surface area (Å²) in [7, 11) is 0. The Morgan fingerprint density at radius 2 is 2.10 bits per heavy atom. The largest absolute Gasteiger partial charge is 0.312 e. The molecule has 0 spiro atoms. The van der Waals surface area contributed by atoms with E-state index in [2.05, 4.69) is 44.1 Å². The van der Waals surface area contributed by atoms with Crippen LogP contribution in [-0.4, -0.2) is 16.5 Å². The molecule has 2 aromatic rings. The summed E-state index contributed by atoms with van der Waals surface area (Å²) in [6.45, 7) is 10.9. The number of nitrogens with one attached hydrogen (secondary N) is 1. The molecule has 0 saturated carbocycles. The first-order valence-electron chi connectivity index (χ1n) is 7.63. The first kappa shape index (κ1) is 16.1. The van der Waals surface area contributed by atoms with Crippen LogP contribution in [0.3, 0.4) is 0 Å². The van der Waals surface area contributed by atoms with Gasteiger partial charge in [0, 0.05) is 34.8 Å². The predicted molar refractivity (Wildman–Crippen MR) is 90.7 cm³/mol. The Morgan fingerprint density at radius 3 is 2.71 bits per heavy atom. The third kappa shape index (κ3) is 4.35. The number of aromatic nitrogens is 2. The molecule has 0 aliphatic heterocycles. The third-order valence-electron chi connectivity index (χ3n) is 3.31. The van der Waals surface area contributed by atoms with Crippen LogP contribution >= 0.6 is 11.3 Å². The molecule has 0 bridgehead atoms. The Labute approximate surface area is 131 Å². The highest BCUT2D eigenvalue weighted by molar-refractivity contribution is 7.15. The van der Waals surface area contributed by atoms with Crippen molar-refractivity contribution in [2.45, 2.75) is 52.5 Å². The maximum absolute atomic E-state index is 4.89. The number of unbranched alkanes of at least 4 members (excludes halogenated alkanes) is 1. The SMILES string of the molecule is CCCCNCc1sc(-c2cccnc2)nc1C(C)(C)C. The average molecular weight is 303 g/mol. The van der Waals surface area contributed by atoms with Crippen LogP contribution < -0.4 is 5.32 Å². The highest BCUT2D eigenvalue weighted by atomic mass is 32.1. The van der Waals surface area contributed by atoms with Crippen molar-refractivity contribution >= 4 is 11.3 Å². The van der Waals surface area contributed by atoms with Crippen molar-refractivity contribution < 1.29 is 0 Å². The van der Waals surface area contributed by atoms with Crippen molar-refractivity contribution in [2.75, 3.05) is 6.54 Å². The molecular formula is C17H25N3S. The van der Waals surface area contributed by atoms with Crippen LogP contribution in [-0.2, 0) is 12.0 Å². The van der Waals surface area contributed by atoms with Crippen LogP contribution in [0.2, 0.25) is 0 Å². The third-order valence-corrected chi connectivity index (χ3v) is 4.41. The molecule has 0 aliphatic carbocycles. The lowest BCUT2D eigenvalue weighted by Crippen LogP contribution is -2.19. The molecule has 3 nitrogen and oxygen atoms in total. The molecule has 21 heavy (non-hydrogen) atoms. The summed E-state index contributed by atoms with van der Waals surface area (Å²) in [5.41, 5.74) is 2.38. The van der Waals surface area contributed by atoms with Crippen LogP contribution in [0.5, 0.6) is 0 Å². The van der Waals surface area contributed by atoms with Crippen LogP contribution in [0.4, 0.5) is 0 Å². The zero-order valence-electron chi connectivity index (χ0n) is 13.4. The van der Waals surface area contributed by atoms with Gasteiger partial charge in [-0.05, 0) is 25.1 Å². The summed E-state index contributed by atoms with van der Waals surface area (Å²) >= 11 is 1.78. The van der Waals surface area contributed by atoms with Gasteiger partial charge in [-0.2, -0.15) is 0 Å². The maximum atomic E-state index is 4.89. The first-order chi connectivity index (χ1) is 10.0. The Balaban J connectivity index is 2.23. The van der Waals surface area contributed by atoms with Gasteiger partial charge in [0.05, 0.1) is 5.69 Å². The van der Waals surface area contributed by atoms with E-state index in [9.17, 15) is 0 Å². The highest BCUT2D eigenvalue weighted by Crippen LogP contribution is 2.34. The van der Waals surface area contributed by atoms with Crippen molar-refractivity contribution in [3.63, 3.8) is 0 Å². The molecule has 0 fully saturated rings. The summed E-state index contributed by atoms with van der Waals surface area (Å²) in [6.07, 6.45) is 6.14. The van der Waals surface area contributed by atoms with Gasteiger partial charge in [-0.1, -0.05) is 34.1 Å². The van der Waals surface area contributed by atoms with Crippen LogP contribution in [0.25, 0.3) is 10.6 Å². The van der Waals surface area contributed by atoms with Gasteiger partial charge in [-0.3, -0.25) is 4.98 Å². The number of rotatable bonds is 6. The molecule has 0 aromatic carbocycles. The monoisotopic (exact) mass is 303 g/mol. The number of pyridine rings is 1. The number of hydrogen-bond acceptors (Lipinski definition) is 4. The number of thiazole rings is 1. The van der Waals surface area contributed by atoms with Gasteiger partial charge < -0.3 is 5.32 Å². The molecule has 0 saturated heterocycles. The lowest BCUT2D eigenvalue weighted by Gasteiger charge is -2.17. The number of nitrogens with zero attached hydrogens (tertiary/aromatic N) is 2. The van der Waals surface area contributed by atoms with E-state index in [0.29, 0.717) is 0 Å². The van der Waals surface area contributed by atoms with Crippen LogP contribution in [0.1, 0.15) is 51.1 Å². The van der Waals surface area contributed by atoms with Gasteiger partial charge in [0.2, 0.25) is 0 Å². The van der Waals surface area contributed by atoms with Gasteiger partial charge in [-0.25, -0.2) is 4.98 Å².